The Morgan fingerprint density at radius 3 is 2.81 bits per heavy atom. The van der Waals surface area contributed by atoms with Crippen molar-refractivity contribution in [3.63, 3.8) is 0 Å². The van der Waals surface area contributed by atoms with Crippen LogP contribution in [0.2, 0.25) is 0 Å². The van der Waals surface area contributed by atoms with Gasteiger partial charge in [0.1, 0.15) is 0 Å². The lowest BCUT2D eigenvalue weighted by molar-refractivity contribution is -0.117. The summed E-state index contributed by atoms with van der Waals surface area (Å²) in [5.41, 5.74) is 1.20. The fourth-order valence-electron chi connectivity index (χ4n) is 2.42. The maximum atomic E-state index is 11.9. The lowest BCUT2D eigenvalue weighted by Gasteiger charge is -2.06. The second-order valence-corrected chi connectivity index (χ2v) is 7.15. The summed E-state index contributed by atoms with van der Waals surface area (Å²) in [6.07, 6.45) is 7.63. The number of hydrogen-bond donors (Lipinski definition) is 1. The van der Waals surface area contributed by atoms with Gasteiger partial charge in [-0.25, -0.2) is 4.98 Å². The summed E-state index contributed by atoms with van der Waals surface area (Å²) in [4.78, 5) is 17.8. The molecule has 1 aliphatic rings. The van der Waals surface area contributed by atoms with Crippen molar-refractivity contribution >= 4 is 22.4 Å². The van der Waals surface area contributed by atoms with E-state index in [2.05, 4.69) is 24.1 Å². The van der Waals surface area contributed by atoms with Gasteiger partial charge in [-0.15, -0.1) is 11.3 Å². The molecule has 0 spiro atoms. The molecule has 118 valence electrons. The fourth-order valence-corrected chi connectivity index (χ4v) is 3.49. The van der Waals surface area contributed by atoms with Crippen molar-refractivity contribution in [3.05, 3.63) is 10.6 Å². The zero-order chi connectivity index (χ0) is 15.1. The zero-order valence-electron chi connectivity index (χ0n) is 13.1. The number of carbonyl (C=O) groups is 1. The highest BCUT2D eigenvalue weighted by Crippen LogP contribution is 2.28. The molecule has 0 saturated carbocycles. The van der Waals surface area contributed by atoms with E-state index in [4.69, 9.17) is 4.74 Å². The summed E-state index contributed by atoms with van der Waals surface area (Å²) in [5, 5.41) is 3.68. The molecule has 0 fully saturated rings. The highest BCUT2D eigenvalue weighted by molar-refractivity contribution is 7.15. The van der Waals surface area contributed by atoms with E-state index in [1.165, 1.54) is 36.3 Å². The molecule has 0 aromatic carbocycles. The van der Waals surface area contributed by atoms with Crippen molar-refractivity contribution in [2.75, 3.05) is 18.5 Å². The monoisotopic (exact) mass is 310 g/mol. The molecule has 0 saturated heterocycles. The third-order valence-corrected chi connectivity index (χ3v) is 4.59. The Labute approximate surface area is 131 Å². The van der Waals surface area contributed by atoms with Gasteiger partial charge in [0.25, 0.3) is 0 Å². The van der Waals surface area contributed by atoms with Crippen LogP contribution in [-0.2, 0) is 22.4 Å². The first kappa shape index (κ1) is 16.4. The molecule has 0 radical (unpaired) electrons. The SMILES string of the molecule is CC(C)COCCC(=O)Nc1nc2c(s1)CCCCCC2. The molecule has 1 aliphatic carbocycles. The predicted molar refractivity (Wildman–Crippen MR) is 86.9 cm³/mol. The van der Waals surface area contributed by atoms with Gasteiger partial charge in [-0.1, -0.05) is 26.7 Å². The van der Waals surface area contributed by atoms with Gasteiger partial charge in [0, 0.05) is 11.5 Å². The molecule has 5 heteroatoms. The molecule has 1 aromatic rings. The summed E-state index contributed by atoms with van der Waals surface area (Å²) < 4.78 is 5.44. The summed E-state index contributed by atoms with van der Waals surface area (Å²) in [6, 6.07) is 0. The molecular formula is C16H26N2O2S. The van der Waals surface area contributed by atoms with Crippen molar-refractivity contribution < 1.29 is 9.53 Å². The highest BCUT2D eigenvalue weighted by Gasteiger charge is 2.14. The van der Waals surface area contributed by atoms with Gasteiger partial charge in [0.15, 0.2) is 5.13 Å². The Balaban J connectivity index is 1.79. The van der Waals surface area contributed by atoms with E-state index in [9.17, 15) is 4.79 Å². The van der Waals surface area contributed by atoms with Crippen LogP contribution < -0.4 is 5.32 Å². The number of amides is 1. The summed E-state index contributed by atoms with van der Waals surface area (Å²) in [7, 11) is 0. The van der Waals surface area contributed by atoms with Crippen molar-refractivity contribution in [1.29, 1.82) is 0 Å². The van der Waals surface area contributed by atoms with Gasteiger partial charge < -0.3 is 10.1 Å². The van der Waals surface area contributed by atoms with Crippen LogP contribution >= 0.6 is 11.3 Å². The molecule has 1 heterocycles. The average Bonchev–Trinajstić information content (AvgIpc) is 2.76. The van der Waals surface area contributed by atoms with Crippen molar-refractivity contribution in [2.24, 2.45) is 5.92 Å². The van der Waals surface area contributed by atoms with E-state index in [0.29, 0.717) is 25.6 Å². The number of nitrogens with zero attached hydrogens (tertiary/aromatic N) is 1. The normalized spacial score (nSPS) is 15.4. The Kier molecular flexibility index (Phi) is 6.64. The number of fused-ring (bicyclic) bond motifs is 1. The number of thiazole rings is 1. The molecule has 0 atom stereocenters. The van der Waals surface area contributed by atoms with E-state index in [-0.39, 0.29) is 5.91 Å². The zero-order valence-corrected chi connectivity index (χ0v) is 13.9. The summed E-state index contributed by atoms with van der Waals surface area (Å²) in [5.74, 6) is 0.507. The fraction of sp³-hybridized carbons (Fsp3) is 0.750. The van der Waals surface area contributed by atoms with Crippen LogP contribution in [0.15, 0.2) is 0 Å². The lowest BCUT2D eigenvalue weighted by atomic mass is 10.0. The van der Waals surface area contributed by atoms with E-state index in [1.807, 2.05) is 0 Å². The quantitative estimate of drug-likeness (QED) is 0.813. The molecule has 0 unspecified atom stereocenters. The molecule has 1 N–H and O–H groups in total. The Hall–Kier alpha value is -0.940. The molecular weight excluding hydrogens is 284 g/mol. The van der Waals surface area contributed by atoms with Gasteiger partial charge in [-0.2, -0.15) is 0 Å². The average molecular weight is 310 g/mol. The third-order valence-electron chi connectivity index (χ3n) is 3.52. The second-order valence-electron chi connectivity index (χ2n) is 6.07. The van der Waals surface area contributed by atoms with Crippen molar-refractivity contribution in [3.8, 4) is 0 Å². The maximum Gasteiger partial charge on any atom is 0.228 e. The second kappa shape index (κ2) is 8.49. The number of aryl methyl sites for hydroxylation is 2. The van der Waals surface area contributed by atoms with Crippen LogP contribution in [0.1, 0.15) is 56.5 Å². The Morgan fingerprint density at radius 2 is 2.05 bits per heavy atom. The van der Waals surface area contributed by atoms with E-state index >= 15 is 0 Å². The molecule has 21 heavy (non-hydrogen) atoms. The van der Waals surface area contributed by atoms with E-state index < -0.39 is 0 Å². The molecule has 1 aromatic heterocycles. The Bertz CT molecular complexity index is 432. The minimum Gasteiger partial charge on any atom is -0.381 e. The smallest absolute Gasteiger partial charge is 0.228 e. The van der Waals surface area contributed by atoms with Crippen LogP contribution in [0.4, 0.5) is 5.13 Å². The molecule has 1 amide bonds. The molecule has 4 nitrogen and oxygen atoms in total. The van der Waals surface area contributed by atoms with Gasteiger partial charge in [-0.05, 0) is 31.6 Å². The molecule has 0 bridgehead atoms. The number of carbonyl (C=O) groups excluding carboxylic acids is 1. The minimum absolute atomic E-state index is 0.000443. The minimum atomic E-state index is 0.000443. The first-order chi connectivity index (χ1) is 10.1. The standard InChI is InChI=1S/C16H26N2O2S/c1-12(2)11-20-10-9-15(19)18-16-17-13-7-5-3-4-6-8-14(13)21-16/h12H,3-11H2,1-2H3,(H,17,18,19). The van der Waals surface area contributed by atoms with Gasteiger partial charge in [0.2, 0.25) is 5.91 Å². The van der Waals surface area contributed by atoms with Crippen LogP contribution in [0, 0.1) is 5.92 Å². The first-order valence-electron chi connectivity index (χ1n) is 8.01. The highest BCUT2D eigenvalue weighted by atomic mass is 32.1. The number of anilines is 1. The summed E-state index contributed by atoms with van der Waals surface area (Å²) in [6.45, 7) is 5.39. The van der Waals surface area contributed by atoms with Crippen molar-refractivity contribution in [1.82, 2.24) is 4.98 Å². The van der Waals surface area contributed by atoms with E-state index in [0.717, 1.165) is 18.0 Å². The largest absolute Gasteiger partial charge is 0.381 e. The maximum absolute atomic E-state index is 11.9. The van der Waals surface area contributed by atoms with Crippen molar-refractivity contribution in [2.45, 2.75) is 58.8 Å². The van der Waals surface area contributed by atoms with Crippen LogP contribution in [0.25, 0.3) is 0 Å². The Morgan fingerprint density at radius 1 is 1.29 bits per heavy atom. The van der Waals surface area contributed by atoms with Gasteiger partial charge in [-0.3, -0.25) is 4.79 Å². The molecule has 0 aliphatic heterocycles. The number of ether oxygens (including phenoxy) is 1. The molecule has 2 rings (SSSR count). The topological polar surface area (TPSA) is 51.2 Å². The van der Waals surface area contributed by atoms with Crippen LogP contribution in [-0.4, -0.2) is 24.1 Å². The lowest BCUT2D eigenvalue weighted by Crippen LogP contribution is -2.15. The number of nitrogens with one attached hydrogen (secondary N) is 1. The predicted octanol–water partition coefficient (Wildman–Crippen LogP) is 3.80. The first-order valence-corrected chi connectivity index (χ1v) is 8.83. The number of hydrogen-bond acceptors (Lipinski definition) is 4. The summed E-state index contributed by atoms with van der Waals surface area (Å²) >= 11 is 1.65. The third kappa shape index (κ3) is 5.75. The van der Waals surface area contributed by atoms with Crippen LogP contribution in [0.3, 0.4) is 0 Å². The number of aromatic nitrogens is 1. The number of rotatable bonds is 6. The van der Waals surface area contributed by atoms with Crippen LogP contribution in [0.5, 0.6) is 0 Å². The van der Waals surface area contributed by atoms with E-state index in [1.54, 1.807) is 11.3 Å². The van der Waals surface area contributed by atoms with Gasteiger partial charge >= 0.3 is 0 Å². The van der Waals surface area contributed by atoms with Gasteiger partial charge in [0.05, 0.1) is 18.7 Å².